The van der Waals surface area contributed by atoms with Gasteiger partial charge in [-0.05, 0) is 42.8 Å². The van der Waals surface area contributed by atoms with Crippen molar-refractivity contribution in [1.82, 2.24) is 4.31 Å². The third-order valence-corrected chi connectivity index (χ3v) is 5.34. The van der Waals surface area contributed by atoms with Crippen LogP contribution < -0.4 is 5.73 Å². The van der Waals surface area contributed by atoms with Crippen LogP contribution in [0.2, 0.25) is 0 Å². The molecule has 2 aromatic rings. The number of nitrogens with two attached hydrogens (primary N) is 1. The van der Waals surface area contributed by atoms with Crippen molar-refractivity contribution in [3.8, 4) is 0 Å². The number of hydrogen-bond acceptors (Lipinski definition) is 3. The van der Waals surface area contributed by atoms with Gasteiger partial charge in [-0.2, -0.15) is 4.31 Å². The lowest BCUT2D eigenvalue weighted by Crippen LogP contribution is -2.29. The topological polar surface area (TPSA) is 63.4 Å². The van der Waals surface area contributed by atoms with E-state index in [-0.39, 0.29) is 4.90 Å². The molecule has 0 amide bonds. The Morgan fingerprint density at radius 2 is 1.81 bits per heavy atom. The number of benzene rings is 2. The van der Waals surface area contributed by atoms with Gasteiger partial charge in [0.15, 0.2) is 0 Å². The van der Waals surface area contributed by atoms with E-state index in [1.807, 2.05) is 0 Å². The van der Waals surface area contributed by atoms with Crippen LogP contribution in [-0.2, 0) is 10.0 Å². The van der Waals surface area contributed by atoms with E-state index in [0.717, 1.165) is 11.6 Å². The molecule has 2 aromatic carbocycles. The zero-order valence-electron chi connectivity index (χ0n) is 11.8. The van der Waals surface area contributed by atoms with Crippen LogP contribution in [0.4, 0.5) is 10.1 Å². The van der Waals surface area contributed by atoms with Crippen LogP contribution >= 0.6 is 0 Å². The first-order valence-corrected chi connectivity index (χ1v) is 7.85. The second kappa shape index (κ2) is 5.83. The SMILES string of the molecule is CC(c1cccc(N)c1)N(C)S(=O)(=O)c1cccc(F)c1. The predicted octanol–water partition coefficient (Wildman–Crippen LogP) is 2.79. The van der Waals surface area contributed by atoms with E-state index in [2.05, 4.69) is 0 Å². The molecule has 1 unspecified atom stereocenters. The molecule has 1 atom stereocenters. The van der Waals surface area contributed by atoms with Crippen LogP contribution in [0, 0.1) is 5.82 Å². The molecule has 0 saturated heterocycles. The van der Waals surface area contributed by atoms with Crippen molar-refractivity contribution in [3.63, 3.8) is 0 Å². The summed E-state index contributed by atoms with van der Waals surface area (Å²) < 4.78 is 39.5. The number of sulfonamides is 1. The summed E-state index contributed by atoms with van der Waals surface area (Å²) in [6, 6.07) is 11.6. The molecular formula is C15H17FN2O2S. The average molecular weight is 308 g/mol. The number of anilines is 1. The Labute approximate surface area is 124 Å². The highest BCUT2D eigenvalue weighted by molar-refractivity contribution is 7.89. The molecule has 0 aliphatic carbocycles. The van der Waals surface area contributed by atoms with Crippen molar-refractivity contribution in [3.05, 3.63) is 59.9 Å². The summed E-state index contributed by atoms with van der Waals surface area (Å²) in [5.74, 6) is -0.582. The minimum atomic E-state index is -3.77. The highest BCUT2D eigenvalue weighted by Gasteiger charge is 2.26. The molecule has 0 heterocycles. The van der Waals surface area contributed by atoms with Crippen molar-refractivity contribution in [2.24, 2.45) is 0 Å². The molecule has 4 nitrogen and oxygen atoms in total. The third-order valence-electron chi connectivity index (χ3n) is 3.41. The molecule has 21 heavy (non-hydrogen) atoms. The summed E-state index contributed by atoms with van der Waals surface area (Å²) in [6.07, 6.45) is 0. The lowest BCUT2D eigenvalue weighted by molar-refractivity contribution is 0.398. The van der Waals surface area contributed by atoms with Gasteiger partial charge in [0.1, 0.15) is 5.82 Å². The van der Waals surface area contributed by atoms with Crippen LogP contribution in [-0.4, -0.2) is 19.8 Å². The second-order valence-electron chi connectivity index (χ2n) is 4.82. The summed E-state index contributed by atoms with van der Waals surface area (Å²) in [5.41, 5.74) is 7.06. The molecule has 2 N–H and O–H groups in total. The Bertz CT molecular complexity index is 747. The smallest absolute Gasteiger partial charge is 0.243 e. The van der Waals surface area contributed by atoms with E-state index in [0.29, 0.717) is 5.69 Å². The summed E-state index contributed by atoms with van der Waals surface area (Å²) in [6.45, 7) is 1.76. The van der Waals surface area contributed by atoms with E-state index in [1.54, 1.807) is 31.2 Å². The Balaban J connectivity index is 2.36. The first kappa shape index (κ1) is 15.5. The van der Waals surface area contributed by atoms with Crippen molar-refractivity contribution in [2.45, 2.75) is 17.9 Å². The predicted molar refractivity (Wildman–Crippen MR) is 80.6 cm³/mol. The molecule has 0 aliphatic heterocycles. The zero-order chi connectivity index (χ0) is 15.6. The minimum absolute atomic E-state index is 0.0687. The first-order chi connectivity index (χ1) is 9.82. The Morgan fingerprint density at radius 1 is 1.14 bits per heavy atom. The van der Waals surface area contributed by atoms with Gasteiger partial charge in [-0.1, -0.05) is 18.2 Å². The van der Waals surface area contributed by atoms with E-state index in [1.165, 1.54) is 29.6 Å². The van der Waals surface area contributed by atoms with Crippen LogP contribution in [0.25, 0.3) is 0 Å². The fourth-order valence-corrected chi connectivity index (χ4v) is 3.41. The Hall–Kier alpha value is -1.92. The number of nitrogen functional groups attached to an aromatic ring is 1. The highest BCUT2D eigenvalue weighted by Crippen LogP contribution is 2.26. The van der Waals surface area contributed by atoms with E-state index >= 15 is 0 Å². The number of hydrogen-bond donors (Lipinski definition) is 1. The highest BCUT2D eigenvalue weighted by atomic mass is 32.2. The molecule has 0 spiro atoms. The maximum Gasteiger partial charge on any atom is 0.243 e. The van der Waals surface area contributed by atoms with Gasteiger partial charge in [-0.25, -0.2) is 12.8 Å². The molecule has 0 saturated carbocycles. The van der Waals surface area contributed by atoms with Crippen LogP contribution in [0.3, 0.4) is 0 Å². The second-order valence-corrected chi connectivity index (χ2v) is 6.82. The molecular weight excluding hydrogens is 291 g/mol. The molecule has 0 bridgehead atoms. The standard InChI is InChI=1S/C15H17FN2O2S/c1-11(12-5-3-7-14(17)9-12)18(2)21(19,20)15-8-4-6-13(16)10-15/h3-11H,17H2,1-2H3. The Morgan fingerprint density at radius 3 is 2.43 bits per heavy atom. The third kappa shape index (κ3) is 3.22. The van der Waals surface area contributed by atoms with Crippen molar-refractivity contribution < 1.29 is 12.8 Å². The molecule has 0 aliphatic rings. The van der Waals surface area contributed by atoms with Gasteiger partial charge < -0.3 is 5.73 Å². The van der Waals surface area contributed by atoms with Crippen LogP contribution in [0.1, 0.15) is 18.5 Å². The van der Waals surface area contributed by atoms with Crippen molar-refractivity contribution >= 4 is 15.7 Å². The fraction of sp³-hybridized carbons (Fsp3) is 0.200. The van der Waals surface area contributed by atoms with E-state index in [9.17, 15) is 12.8 Å². The lowest BCUT2D eigenvalue weighted by Gasteiger charge is -2.25. The molecule has 2 rings (SSSR count). The minimum Gasteiger partial charge on any atom is -0.399 e. The maximum absolute atomic E-state index is 13.2. The maximum atomic E-state index is 13.2. The normalized spacial score (nSPS) is 13.3. The fourth-order valence-electron chi connectivity index (χ4n) is 2.03. The van der Waals surface area contributed by atoms with E-state index < -0.39 is 21.9 Å². The monoisotopic (exact) mass is 308 g/mol. The summed E-state index contributed by atoms with van der Waals surface area (Å²) in [4.78, 5) is -0.0687. The van der Waals surface area contributed by atoms with Gasteiger partial charge in [-0.3, -0.25) is 0 Å². The molecule has 0 fully saturated rings. The van der Waals surface area contributed by atoms with Crippen LogP contribution in [0.15, 0.2) is 53.4 Å². The number of nitrogens with zero attached hydrogens (tertiary/aromatic N) is 1. The quantitative estimate of drug-likeness (QED) is 0.883. The van der Waals surface area contributed by atoms with Gasteiger partial charge in [-0.15, -0.1) is 0 Å². The number of halogens is 1. The summed E-state index contributed by atoms with van der Waals surface area (Å²) in [5, 5.41) is 0. The molecule has 6 heteroatoms. The molecule has 0 radical (unpaired) electrons. The van der Waals surface area contributed by atoms with Gasteiger partial charge in [0.25, 0.3) is 0 Å². The largest absolute Gasteiger partial charge is 0.399 e. The van der Waals surface area contributed by atoms with Gasteiger partial charge >= 0.3 is 0 Å². The summed E-state index contributed by atoms with van der Waals surface area (Å²) in [7, 11) is -2.30. The lowest BCUT2D eigenvalue weighted by atomic mass is 10.1. The van der Waals surface area contributed by atoms with Gasteiger partial charge in [0, 0.05) is 18.8 Å². The average Bonchev–Trinajstić information content (AvgIpc) is 2.45. The van der Waals surface area contributed by atoms with Crippen molar-refractivity contribution in [1.29, 1.82) is 0 Å². The Kier molecular flexibility index (Phi) is 4.29. The zero-order valence-corrected chi connectivity index (χ0v) is 12.6. The first-order valence-electron chi connectivity index (χ1n) is 6.41. The van der Waals surface area contributed by atoms with Crippen LogP contribution in [0.5, 0.6) is 0 Å². The van der Waals surface area contributed by atoms with Gasteiger partial charge in [0.2, 0.25) is 10.0 Å². The van der Waals surface area contributed by atoms with Gasteiger partial charge in [0.05, 0.1) is 4.90 Å². The molecule has 0 aromatic heterocycles. The number of rotatable bonds is 4. The molecule has 112 valence electrons. The van der Waals surface area contributed by atoms with E-state index in [4.69, 9.17) is 5.73 Å². The van der Waals surface area contributed by atoms with Crippen molar-refractivity contribution in [2.75, 3.05) is 12.8 Å². The summed E-state index contributed by atoms with van der Waals surface area (Å²) >= 11 is 0.